The molecule has 6 nitrogen and oxygen atoms in total. The standard InChI is InChI=1S/C10H17N3O3/c1-8(11-15)9(12-16)10(14)13-6-4-2-3-5-7-13/h15-16H,2-7H2,1H3/b11-8+,12-9+. The van der Waals surface area contributed by atoms with Crippen molar-refractivity contribution in [1.29, 1.82) is 0 Å². The summed E-state index contributed by atoms with van der Waals surface area (Å²) in [5, 5.41) is 23.1. The number of carbonyl (C=O) groups is 1. The summed E-state index contributed by atoms with van der Waals surface area (Å²) < 4.78 is 0. The highest BCUT2D eigenvalue weighted by Gasteiger charge is 2.23. The molecule has 6 heteroatoms. The molecule has 2 N–H and O–H groups in total. The number of hydrogen-bond acceptors (Lipinski definition) is 5. The number of nitrogens with zero attached hydrogens (tertiary/aromatic N) is 3. The van der Waals surface area contributed by atoms with Gasteiger partial charge in [0, 0.05) is 13.1 Å². The van der Waals surface area contributed by atoms with Gasteiger partial charge >= 0.3 is 0 Å². The fourth-order valence-corrected chi connectivity index (χ4v) is 1.74. The van der Waals surface area contributed by atoms with Crippen molar-refractivity contribution < 1.29 is 15.2 Å². The maximum absolute atomic E-state index is 11.9. The number of rotatable bonds is 2. The molecule has 1 rings (SSSR count). The second-order valence-corrected chi connectivity index (χ2v) is 3.84. The molecule has 1 aliphatic heterocycles. The highest BCUT2D eigenvalue weighted by atomic mass is 16.4. The molecule has 0 aromatic heterocycles. The topological polar surface area (TPSA) is 85.5 Å². The Labute approximate surface area is 94.2 Å². The summed E-state index contributed by atoms with van der Waals surface area (Å²) in [6, 6.07) is 0. The Hall–Kier alpha value is -1.59. The van der Waals surface area contributed by atoms with Gasteiger partial charge in [-0.2, -0.15) is 0 Å². The van der Waals surface area contributed by atoms with Crippen molar-refractivity contribution in [1.82, 2.24) is 4.90 Å². The Morgan fingerprint density at radius 1 is 1.06 bits per heavy atom. The third-order valence-corrected chi connectivity index (χ3v) is 2.69. The van der Waals surface area contributed by atoms with Crippen LogP contribution >= 0.6 is 0 Å². The Morgan fingerprint density at radius 2 is 1.62 bits per heavy atom. The van der Waals surface area contributed by atoms with Crippen molar-refractivity contribution in [3.05, 3.63) is 0 Å². The molecule has 1 heterocycles. The average Bonchev–Trinajstić information content (AvgIpc) is 2.58. The van der Waals surface area contributed by atoms with E-state index < -0.39 is 0 Å². The first kappa shape index (κ1) is 12.5. The van der Waals surface area contributed by atoms with E-state index in [0.29, 0.717) is 13.1 Å². The van der Waals surface area contributed by atoms with E-state index in [1.807, 2.05) is 0 Å². The second-order valence-electron chi connectivity index (χ2n) is 3.84. The highest BCUT2D eigenvalue weighted by molar-refractivity contribution is 6.66. The minimum atomic E-state index is -0.375. The van der Waals surface area contributed by atoms with Gasteiger partial charge in [-0.15, -0.1) is 0 Å². The summed E-state index contributed by atoms with van der Waals surface area (Å²) >= 11 is 0. The van der Waals surface area contributed by atoms with E-state index in [4.69, 9.17) is 10.4 Å². The zero-order valence-corrected chi connectivity index (χ0v) is 9.39. The molecule has 0 bridgehead atoms. The molecule has 16 heavy (non-hydrogen) atoms. The molecule has 0 atom stereocenters. The summed E-state index contributed by atoms with van der Waals surface area (Å²) in [5.41, 5.74) is -0.166. The van der Waals surface area contributed by atoms with E-state index in [1.165, 1.54) is 6.92 Å². The lowest BCUT2D eigenvalue weighted by atomic mass is 10.2. The Bertz CT molecular complexity index is 304. The van der Waals surface area contributed by atoms with E-state index in [-0.39, 0.29) is 17.3 Å². The predicted octanol–water partition coefficient (Wildman–Crippen LogP) is 1.07. The number of oxime groups is 2. The molecule has 0 aromatic carbocycles. The second kappa shape index (κ2) is 6.09. The van der Waals surface area contributed by atoms with Crippen LogP contribution in [0.4, 0.5) is 0 Å². The van der Waals surface area contributed by atoms with Crippen LogP contribution in [0, 0.1) is 0 Å². The largest absolute Gasteiger partial charge is 0.411 e. The minimum Gasteiger partial charge on any atom is -0.411 e. The van der Waals surface area contributed by atoms with E-state index in [2.05, 4.69) is 10.3 Å². The lowest BCUT2D eigenvalue weighted by Crippen LogP contribution is -2.40. The van der Waals surface area contributed by atoms with E-state index in [9.17, 15) is 4.79 Å². The first-order chi connectivity index (χ1) is 7.70. The maximum atomic E-state index is 11.9. The van der Waals surface area contributed by atoms with Crippen molar-refractivity contribution in [3.8, 4) is 0 Å². The summed E-state index contributed by atoms with van der Waals surface area (Å²) in [4.78, 5) is 13.6. The number of hydrogen-bond donors (Lipinski definition) is 2. The summed E-state index contributed by atoms with van der Waals surface area (Å²) in [7, 11) is 0. The number of amides is 1. The van der Waals surface area contributed by atoms with Crippen LogP contribution in [-0.2, 0) is 4.79 Å². The molecule has 1 fully saturated rings. The summed E-state index contributed by atoms with van der Waals surface area (Å²) in [6.07, 6.45) is 4.14. The minimum absolute atomic E-state index is 0.0248. The van der Waals surface area contributed by atoms with Crippen molar-refractivity contribution in [2.45, 2.75) is 32.6 Å². The molecule has 1 amide bonds. The van der Waals surface area contributed by atoms with Gasteiger partial charge in [-0.3, -0.25) is 4.79 Å². The third kappa shape index (κ3) is 2.95. The number of carbonyl (C=O) groups excluding carboxylic acids is 1. The van der Waals surface area contributed by atoms with Gasteiger partial charge in [0.2, 0.25) is 0 Å². The molecule has 90 valence electrons. The van der Waals surface area contributed by atoms with Crippen molar-refractivity contribution >= 4 is 17.3 Å². The molecule has 0 aliphatic carbocycles. The van der Waals surface area contributed by atoms with Crippen LogP contribution < -0.4 is 0 Å². The monoisotopic (exact) mass is 227 g/mol. The van der Waals surface area contributed by atoms with Gasteiger partial charge in [0.15, 0.2) is 5.71 Å². The van der Waals surface area contributed by atoms with Gasteiger partial charge < -0.3 is 15.3 Å². The molecule has 0 spiro atoms. The Balaban J connectivity index is 2.74. The van der Waals surface area contributed by atoms with E-state index in [1.54, 1.807) is 4.90 Å². The van der Waals surface area contributed by atoms with Gasteiger partial charge in [0.1, 0.15) is 5.71 Å². The first-order valence-corrected chi connectivity index (χ1v) is 5.41. The van der Waals surface area contributed by atoms with Crippen LogP contribution in [0.3, 0.4) is 0 Å². The van der Waals surface area contributed by atoms with Crippen LogP contribution in [0.2, 0.25) is 0 Å². The van der Waals surface area contributed by atoms with Gasteiger partial charge in [0.25, 0.3) is 5.91 Å². The lowest BCUT2D eigenvalue weighted by Gasteiger charge is -2.19. The molecule has 1 saturated heterocycles. The molecular weight excluding hydrogens is 210 g/mol. The molecule has 1 aliphatic rings. The van der Waals surface area contributed by atoms with Crippen LogP contribution in [-0.4, -0.2) is 45.7 Å². The van der Waals surface area contributed by atoms with Gasteiger partial charge in [-0.05, 0) is 19.8 Å². The third-order valence-electron chi connectivity index (χ3n) is 2.69. The zero-order valence-electron chi connectivity index (χ0n) is 9.39. The summed E-state index contributed by atoms with van der Waals surface area (Å²) in [6.45, 7) is 2.75. The first-order valence-electron chi connectivity index (χ1n) is 5.41. The summed E-state index contributed by atoms with van der Waals surface area (Å²) in [5.74, 6) is -0.375. The van der Waals surface area contributed by atoms with E-state index >= 15 is 0 Å². The van der Waals surface area contributed by atoms with E-state index in [0.717, 1.165) is 25.7 Å². The van der Waals surface area contributed by atoms with Crippen molar-refractivity contribution in [2.75, 3.05) is 13.1 Å². The molecule has 0 saturated carbocycles. The van der Waals surface area contributed by atoms with Crippen LogP contribution in [0.25, 0.3) is 0 Å². The van der Waals surface area contributed by atoms with Gasteiger partial charge in [-0.25, -0.2) is 0 Å². The average molecular weight is 227 g/mol. The Kier molecular flexibility index (Phi) is 4.75. The quantitative estimate of drug-likeness (QED) is 0.420. The SMILES string of the molecule is CC(=N\O)/C(=N\O)C(=O)N1CCCCCC1. The van der Waals surface area contributed by atoms with Crippen molar-refractivity contribution in [3.63, 3.8) is 0 Å². The fraction of sp³-hybridized carbons (Fsp3) is 0.700. The van der Waals surface area contributed by atoms with Crippen LogP contribution in [0.1, 0.15) is 32.6 Å². The van der Waals surface area contributed by atoms with Crippen LogP contribution in [0.5, 0.6) is 0 Å². The van der Waals surface area contributed by atoms with Crippen molar-refractivity contribution in [2.24, 2.45) is 10.3 Å². The number of likely N-dealkylation sites (tertiary alicyclic amines) is 1. The normalized spacial score (nSPS) is 19.4. The molecule has 0 aromatic rings. The smallest absolute Gasteiger partial charge is 0.277 e. The predicted molar refractivity (Wildman–Crippen MR) is 59.2 cm³/mol. The molecule has 0 radical (unpaired) electrons. The fourth-order valence-electron chi connectivity index (χ4n) is 1.74. The lowest BCUT2D eigenvalue weighted by molar-refractivity contribution is -0.124. The van der Waals surface area contributed by atoms with Gasteiger partial charge in [0.05, 0.1) is 0 Å². The zero-order chi connectivity index (χ0) is 12.0. The highest BCUT2D eigenvalue weighted by Crippen LogP contribution is 2.10. The van der Waals surface area contributed by atoms with Gasteiger partial charge in [-0.1, -0.05) is 23.2 Å². The Morgan fingerprint density at radius 3 is 2.06 bits per heavy atom. The maximum Gasteiger partial charge on any atom is 0.277 e. The molecule has 0 unspecified atom stereocenters. The molecular formula is C10H17N3O3. The van der Waals surface area contributed by atoms with Crippen LogP contribution in [0.15, 0.2) is 10.3 Å².